The first kappa shape index (κ1) is 12.8. The van der Waals surface area contributed by atoms with Crippen molar-refractivity contribution in [3.05, 3.63) is 35.7 Å². The number of hydrogen-bond donors (Lipinski definition) is 1. The lowest BCUT2D eigenvalue weighted by Gasteiger charge is -2.19. The second-order valence-electron chi connectivity index (χ2n) is 4.85. The molecule has 1 fully saturated rings. The van der Waals surface area contributed by atoms with Crippen molar-refractivity contribution < 1.29 is 19.0 Å². The van der Waals surface area contributed by atoms with Gasteiger partial charge in [-0.05, 0) is 43.6 Å². The fourth-order valence-electron chi connectivity index (χ4n) is 2.22. The lowest BCUT2D eigenvalue weighted by Crippen LogP contribution is -2.26. The molecule has 2 atom stereocenters. The van der Waals surface area contributed by atoms with Gasteiger partial charge >= 0.3 is 6.18 Å². The summed E-state index contributed by atoms with van der Waals surface area (Å²) in [5, 5.41) is 11.0. The fourth-order valence-corrected chi connectivity index (χ4v) is 2.22. The molecule has 4 nitrogen and oxygen atoms in total. The molecule has 112 valence electrons. The molecule has 1 aromatic heterocycles. The minimum atomic E-state index is -4.36. The molecule has 21 heavy (non-hydrogen) atoms. The van der Waals surface area contributed by atoms with Gasteiger partial charge in [0, 0.05) is 6.93 Å². The molecule has 2 heterocycles. The molecular formula is C14H14F3N3O. The molecule has 1 N–H and O–H groups in total. The number of aromatic nitrogens is 2. The monoisotopic (exact) mass is 298 g/mol. The summed E-state index contributed by atoms with van der Waals surface area (Å²) in [6.07, 6.45) is -3.02. The van der Waals surface area contributed by atoms with Crippen LogP contribution in [0.3, 0.4) is 0 Å². The molecule has 2 aromatic rings. The first-order valence-electron chi connectivity index (χ1n) is 7.18. The highest BCUT2D eigenvalue weighted by molar-refractivity contribution is 5.53. The molecule has 0 spiro atoms. The highest BCUT2D eigenvalue weighted by Gasteiger charge is 2.30. The molecule has 0 aliphatic carbocycles. The average Bonchev–Trinajstić information content (AvgIpc) is 2.97. The second-order valence-corrected chi connectivity index (χ2v) is 4.85. The Labute approximate surface area is 120 Å². The van der Waals surface area contributed by atoms with Crippen molar-refractivity contribution in [3.63, 3.8) is 0 Å². The van der Waals surface area contributed by atoms with E-state index in [0.29, 0.717) is 18.0 Å². The maximum Gasteiger partial charge on any atom is 0.416 e. The zero-order valence-electron chi connectivity index (χ0n) is 12.0. The molecule has 1 saturated heterocycles. The van der Waals surface area contributed by atoms with Crippen LogP contribution in [0.2, 0.25) is 0 Å². The highest BCUT2D eigenvalue weighted by atomic mass is 19.4. The molecule has 1 aromatic carbocycles. The molecule has 7 heteroatoms. The minimum absolute atomic E-state index is 0.0997. The van der Waals surface area contributed by atoms with Crippen molar-refractivity contribution >= 4 is 0 Å². The van der Waals surface area contributed by atoms with Crippen LogP contribution in [0.5, 0.6) is 0 Å². The Kier molecular flexibility index (Phi) is 3.34. The normalized spacial score (nSPS) is 23.9. The molecular weight excluding hydrogens is 283 g/mol. The second kappa shape index (κ2) is 5.48. The van der Waals surface area contributed by atoms with E-state index >= 15 is 0 Å². The predicted molar refractivity (Wildman–Crippen MR) is 69.3 cm³/mol. The van der Waals surface area contributed by atoms with Gasteiger partial charge in [0.2, 0.25) is 11.8 Å². The van der Waals surface area contributed by atoms with Gasteiger partial charge < -0.3 is 9.73 Å². The van der Waals surface area contributed by atoms with Crippen LogP contribution >= 0.6 is 0 Å². The zero-order chi connectivity index (χ0) is 15.7. The smallest absolute Gasteiger partial charge is 0.416 e. The van der Waals surface area contributed by atoms with Gasteiger partial charge in [0.1, 0.15) is 0 Å². The summed E-state index contributed by atoms with van der Waals surface area (Å²) < 4.78 is 50.7. The van der Waals surface area contributed by atoms with E-state index in [9.17, 15) is 13.2 Å². The summed E-state index contributed by atoms with van der Waals surface area (Å²) in [4.78, 5) is 0. The largest absolute Gasteiger partial charge is 0.419 e. The van der Waals surface area contributed by atoms with Crippen LogP contribution in [0.1, 0.15) is 38.1 Å². The van der Waals surface area contributed by atoms with E-state index in [0.717, 1.165) is 25.0 Å². The molecule has 0 radical (unpaired) electrons. The lowest BCUT2D eigenvalue weighted by molar-refractivity contribution is -0.137. The number of nitrogens with zero attached hydrogens (tertiary/aromatic N) is 2. The third kappa shape index (κ3) is 3.07. The van der Waals surface area contributed by atoms with Crippen molar-refractivity contribution in [2.75, 3.05) is 6.54 Å². The third-order valence-electron chi connectivity index (χ3n) is 3.37. The molecule has 1 aliphatic rings. The summed E-state index contributed by atoms with van der Waals surface area (Å²) in [6, 6.07) is 4.51. The van der Waals surface area contributed by atoms with E-state index in [2.05, 4.69) is 15.5 Å². The maximum absolute atomic E-state index is 12.5. The van der Waals surface area contributed by atoms with E-state index in [1.54, 1.807) is 0 Å². The molecule has 3 rings (SSSR count). The Morgan fingerprint density at radius 2 is 2.00 bits per heavy atom. The Balaban J connectivity index is 1.76. The van der Waals surface area contributed by atoms with Crippen LogP contribution in [0.25, 0.3) is 11.5 Å². The van der Waals surface area contributed by atoms with Gasteiger partial charge in [-0.2, -0.15) is 13.2 Å². The summed E-state index contributed by atoms with van der Waals surface area (Å²) in [6.45, 7) is 0.558. The van der Waals surface area contributed by atoms with Crippen molar-refractivity contribution in [2.24, 2.45) is 0 Å². The van der Waals surface area contributed by atoms with Crippen LogP contribution in [-0.2, 0) is 6.18 Å². The fraction of sp³-hybridized carbons (Fsp3) is 0.429. The van der Waals surface area contributed by atoms with E-state index in [1.165, 1.54) is 12.1 Å². The van der Waals surface area contributed by atoms with Gasteiger partial charge in [0.05, 0.1) is 11.6 Å². The van der Waals surface area contributed by atoms with Gasteiger partial charge in [-0.15, -0.1) is 10.2 Å². The van der Waals surface area contributed by atoms with Crippen LogP contribution in [0, 0.1) is 0 Å². The first-order chi connectivity index (χ1) is 10.4. The molecule has 0 unspecified atom stereocenters. The molecule has 0 saturated carbocycles. The van der Waals surface area contributed by atoms with E-state index in [4.69, 9.17) is 5.79 Å². The van der Waals surface area contributed by atoms with E-state index in [-0.39, 0.29) is 18.3 Å². The minimum Gasteiger partial charge on any atom is -0.419 e. The van der Waals surface area contributed by atoms with Gasteiger partial charge in [-0.1, -0.05) is 6.42 Å². The quantitative estimate of drug-likeness (QED) is 0.921. The predicted octanol–water partition coefficient (Wildman–Crippen LogP) is 3.57. The van der Waals surface area contributed by atoms with Gasteiger partial charge in [0.15, 0.2) is 0 Å². The first-order valence-corrected chi connectivity index (χ1v) is 6.60. The van der Waals surface area contributed by atoms with Crippen molar-refractivity contribution in [1.82, 2.24) is 15.5 Å². The number of halogens is 3. The summed E-state index contributed by atoms with van der Waals surface area (Å²) in [5.41, 5.74) is -0.271. The Morgan fingerprint density at radius 3 is 2.62 bits per heavy atom. The summed E-state index contributed by atoms with van der Waals surface area (Å²) >= 11 is 0. The molecule has 0 amide bonds. The standard InChI is InChI=1S/C14H14F3N3O/c15-14(16,17)10-6-4-9(5-7-10)12-19-20-13(21-12)11-3-1-2-8-18-11/h4-7,11,18H,1-3,8H2/t11-/m1/s1/i2D/t2-,11+/m0. The lowest BCUT2D eigenvalue weighted by atomic mass is 10.1. The Hall–Kier alpha value is -1.89. The van der Waals surface area contributed by atoms with Gasteiger partial charge in [-0.3, -0.25) is 0 Å². The van der Waals surface area contributed by atoms with Gasteiger partial charge in [-0.25, -0.2) is 0 Å². The highest BCUT2D eigenvalue weighted by Crippen LogP contribution is 2.31. The molecule has 0 bridgehead atoms. The number of benzene rings is 1. The van der Waals surface area contributed by atoms with Crippen LogP contribution < -0.4 is 5.32 Å². The zero-order valence-corrected chi connectivity index (χ0v) is 11.0. The van der Waals surface area contributed by atoms with Crippen LogP contribution in [0.15, 0.2) is 28.7 Å². The van der Waals surface area contributed by atoms with Crippen molar-refractivity contribution in [2.45, 2.75) is 31.5 Å². The third-order valence-corrected chi connectivity index (χ3v) is 3.37. The maximum atomic E-state index is 12.5. The number of hydrogen-bond acceptors (Lipinski definition) is 4. The average molecular weight is 298 g/mol. The number of piperidine rings is 1. The van der Waals surface area contributed by atoms with Crippen LogP contribution in [0.4, 0.5) is 13.2 Å². The Morgan fingerprint density at radius 1 is 1.24 bits per heavy atom. The van der Waals surface area contributed by atoms with Crippen molar-refractivity contribution in [1.29, 1.82) is 0 Å². The van der Waals surface area contributed by atoms with Crippen LogP contribution in [-0.4, -0.2) is 16.7 Å². The van der Waals surface area contributed by atoms with E-state index in [1.807, 2.05) is 0 Å². The Bertz CT molecular complexity index is 634. The van der Waals surface area contributed by atoms with Crippen molar-refractivity contribution in [3.8, 4) is 11.5 Å². The molecule has 1 aliphatic heterocycles. The topological polar surface area (TPSA) is 51.0 Å². The summed E-state index contributed by atoms with van der Waals surface area (Å²) in [5.74, 6) is 0.598. The van der Waals surface area contributed by atoms with E-state index < -0.39 is 11.7 Å². The number of alkyl halides is 3. The number of rotatable bonds is 2. The SMILES string of the molecule is [2H][C@H]1CC[C@H](c2nnc(-c3ccc(C(F)(F)F)cc3)o2)NC1. The van der Waals surface area contributed by atoms with Gasteiger partial charge in [0.25, 0.3) is 0 Å². The number of nitrogens with one attached hydrogen (secondary N) is 1. The summed E-state index contributed by atoms with van der Waals surface area (Å²) in [7, 11) is 0.